The van der Waals surface area contributed by atoms with E-state index in [1.165, 1.54) is 18.4 Å². The Labute approximate surface area is 118 Å². The van der Waals surface area contributed by atoms with E-state index in [0.29, 0.717) is 0 Å². The maximum absolute atomic E-state index is 6.54. The molecule has 0 atom stereocenters. The number of rotatable bonds is 5. The lowest BCUT2D eigenvalue weighted by atomic mass is 9.82. The third-order valence-corrected chi connectivity index (χ3v) is 4.32. The summed E-state index contributed by atoms with van der Waals surface area (Å²) < 4.78 is 0. The normalized spacial score (nSPS) is 19.8. The van der Waals surface area contributed by atoms with Gasteiger partial charge in [0.1, 0.15) is 0 Å². The van der Waals surface area contributed by atoms with Gasteiger partial charge < -0.3 is 5.73 Å². The Balaban J connectivity index is 1.79. The topological polar surface area (TPSA) is 29.3 Å². The molecule has 0 unspecified atom stereocenters. The average molecular weight is 260 g/mol. The predicted octanol–water partition coefficient (Wildman–Crippen LogP) is 3.42. The van der Waals surface area contributed by atoms with Crippen LogP contribution in [0.15, 0.2) is 30.3 Å². The number of benzene rings is 1. The molecule has 1 aliphatic heterocycles. The minimum Gasteiger partial charge on any atom is -0.325 e. The summed E-state index contributed by atoms with van der Waals surface area (Å²) in [5, 5.41) is 0. The molecule has 2 rings (SSSR count). The van der Waals surface area contributed by atoms with Crippen LogP contribution in [0.1, 0.15) is 45.1 Å². The van der Waals surface area contributed by atoms with Crippen molar-refractivity contribution in [2.75, 3.05) is 13.1 Å². The Kier molecular flexibility index (Phi) is 5.00. The van der Waals surface area contributed by atoms with Gasteiger partial charge in [-0.2, -0.15) is 0 Å². The third kappa shape index (κ3) is 4.63. The molecule has 19 heavy (non-hydrogen) atoms. The lowest BCUT2D eigenvalue weighted by Crippen LogP contribution is -2.50. The summed E-state index contributed by atoms with van der Waals surface area (Å²) in [6.45, 7) is 7.93. The molecule has 1 fully saturated rings. The van der Waals surface area contributed by atoms with Gasteiger partial charge in [0.2, 0.25) is 0 Å². The Hall–Kier alpha value is -0.860. The van der Waals surface area contributed by atoms with Crippen LogP contribution in [-0.2, 0) is 6.54 Å². The zero-order valence-electron chi connectivity index (χ0n) is 12.4. The Morgan fingerprint density at radius 3 is 2.37 bits per heavy atom. The number of nitrogens with zero attached hydrogens (tertiary/aromatic N) is 1. The van der Waals surface area contributed by atoms with E-state index >= 15 is 0 Å². The molecule has 106 valence electrons. The SMILES string of the molecule is CC(C)CCC1(N)CCN(Cc2ccccc2)CC1. The fraction of sp³-hybridized carbons (Fsp3) is 0.647. The van der Waals surface area contributed by atoms with Gasteiger partial charge in [-0.15, -0.1) is 0 Å². The van der Waals surface area contributed by atoms with E-state index in [1.807, 2.05) is 0 Å². The van der Waals surface area contributed by atoms with Crippen LogP contribution >= 0.6 is 0 Å². The van der Waals surface area contributed by atoms with Crippen molar-refractivity contribution in [1.29, 1.82) is 0 Å². The molecular formula is C17H28N2. The zero-order valence-corrected chi connectivity index (χ0v) is 12.4. The van der Waals surface area contributed by atoms with Crippen LogP contribution in [0.25, 0.3) is 0 Å². The van der Waals surface area contributed by atoms with Crippen LogP contribution in [-0.4, -0.2) is 23.5 Å². The molecule has 0 radical (unpaired) electrons. The summed E-state index contributed by atoms with van der Waals surface area (Å²) in [4.78, 5) is 2.54. The first kappa shape index (κ1) is 14.5. The molecular weight excluding hydrogens is 232 g/mol. The van der Waals surface area contributed by atoms with E-state index in [2.05, 4.69) is 49.1 Å². The number of piperidine rings is 1. The highest BCUT2D eigenvalue weighted by molar-refractivity contribution is 5.14. The molecule has 2 heteroatoms. The molecule has 1 heterocycles. The highest BCUT2D eigenvalue weighted by Gasteiger charge is 2.30. The van der Waals surface area contributed by atoms with Crippen LogP contribution < -0.4 is 5.73 Å². The van der Waals surface area contributed by atoms with Crippen molar-refractivity contribution in [3.8, 4) is 0 Å². The molecule has 0 aliphatic carbocycles. The van der Waals surface area contributed by atoms with Crippen LogP contribution in [0, 0.1) is 5.92 Å². The van der Waals surface area contributed by atoms with Gasteiger partial charge in [-0.3, -0.25) is 4.90 Å². The van der Waals surface area contributed by atoms with E-state index in [4.69, 9.17) is 5.73 Å². The van der Waals surface area contributed by atoms with Gasteiger partial charge in [0.25, 0.3) is 0 Å². The van der Waals surface area contributed by atoms with Crippen LogP contribution in [0.4, 0.5) is 0 Å². The van der Waals surface area contributed by atoms with Crippen molar-refractivity contribution in [3.63, 3.8) is 0 Å². The number of hydrogen-bond donors (Lipinski definition) is 1. The second-order valence-electron chi connectivity index (χ2n) is 6.56. The number of nitrogens with two attached hydrogens (primary N) is 1. The van der Waals surface area contributed by atoms with Crippen LogP contribution in [0.3, 0.4) is 0 Å². The van der Waals surface area contributed by atoms with Crippen molar-refractivity contribution >= 4 is 0 Å². The van der Waals surface area contributed by atoms with Gasteiger partial charge >= 0.3 is 0 Å². The summed E-state index contributed by atoms with van der Waals surface area (Å²) >= 11 is 0. The van der Waals surface area contributed by atoms with Crippen LogP contribution in [0.5, 0.6) is 0 Å². The highest BCUT2D eigenvalue weighted by Crippen LogP contribution is 2.26. The molecule has 0 amide bonds. The first-order valence-corrected chi connectivity index (χ1v) is 7.63. The quantitative estimate of drug-likeness (QED) is 0.879. The summed E-state index contributed by atoms with van der Waals surface area (Å²) in [7, 11) is 0. The van der Waals surface area contributed by atoms with Crippen molar-refractivity contribution in [1.82, 2.24) is 4.90 Å². The highest BCUT2D eigenvalue weighted by atomic mass is 15.1. The van der Waals surface area contributed by atoms with E-state index < -0.39 is 0 Å². The third-order valence-electron chi connectivity index (χ3n) is 4.32. The van der Waals surface area contributed by atoms with E-state index in [-0.39, 0.29) is 5.54 Å². The standard InChI is InChI=1S/C17H28N2/c1-15(2)8-9-17(18)10-12-19(13-11-17)14-16-6-4-3-5-7-16/h3-7,15H,8-14,18H2,1-2H3. The molecule has 2 nitrogen and oxygen atoms in total. The summed E-state index contributed by atoms with van der Waals surface area (Å²) in [5.74, 6) is 0.766. The largest absolute Gasteiger partial charge is 0.325 e. The first-order chi connectivity index (χ1) is 9.07. The zero-order chi connectivity index (χ0) is 13.7. The lowest BCUT2D eigenvalue weighted by molar-refractivity contribution is 0.145. The fourth-order valence-electron chi connectivity index (χ4n) is 2.82. The number of hydrogen-bond acceptors (Lipinski definition) is 2. The average Bonchev–Trinajstić information content (AvgIpc) is 2.41. The monoisotopic (exact) mass is 260 g/mol. The Morgan fingerprint density at radius 2 is 1.79 bits per heavy atom. The van der Waals surface area contributed by atoms with E-state index in [1.54, 1.807) is 0 Å². The van der Waals surface area contributed by atoms with Gasteiger partial charge in [-0.25, -0.2) is 0 Å². The molecule has 0 bridgehead atoms. The summed E-state index contributed by atoms with van der Waals surface area (Å²) in [6.07, 6.45) is 4.73. The predicted molar refractivity (Wildman–Crippen MR) is 81.9 cm³/mol. The van der Waals surface area contributed by atoms with Crippen molar-refractivity contribution in [2.24, 2.45) is 11.7 Å². The Bertz CT molecular complexity index is 364. The van der Waals surface area contributed by atoms with Crippen molar-refractivity contribution in [3.05, 3.63) is 35.9 Å². The number of likely N-dealkylation sites (tertiary alicyclic amines) is 1. The molecule has 1 aromatic carbocycles. The molecule has 0 aromatic heterocycles. The van der Waals surface area contributed by atoms with Gasteiger partial charge in [-0.1, -0.05) is 44.2 Å². The molecule has 1 saturated heterocycles. The molecule has 0 spiro atoms. The fourth-order valence-corrected chi connectivity index (χ4v) is 2.82. The molecule has 0 saturated carbocycles. The summed E-state index contributed by atoms with van der Waals surface area (Å²) in [6, 6.07) is 10.7. The lowest BCUT2D eigenvalue weighted by Gasteiger charge is -2.39. The van der Waals surface area contributed by atoms with Gasteiger partial charge in [0.05, 0.1) is 0 Å². The second-order valence-corrected chi connectivity index (χ2v) is 6.56. The molecule has 2 N–H and O–H groups in total. The maximum Gasteiger partial charge on any atom is 0.0233 e. The van der Waals surface area contributed by atoms with E-state index in [0.717, 1.165) is 38.4 Å². The van der Waals surface area contributed by atoms with Gasteiger partial charge in [0, 0.05) is 25.2 Å². The second kappa shape index (κ2) is 6.53. The molecule has 1 aromatic rings. The van der Waals surface area contributed by atoms with E-state index in [9.17, 15) is 0 Å². The smallest absolute Gasteiger partial charge is 0.0233 e. The van der Waals surface area contributed by atoms with Gasteiger partial charge in [-0.05, 0) is 37.2 Å². The minimum absolute atomic E-state index is 0.0947. The first-order valence-electron chi connectivity index (χ1n) is 7.63. The van der Waals surface area contributed by atoms with Crippen molar-refractivity contribution < 1.29 is 0 Å². The summed E-state index contributed by atoms with van der Waals surface area (Å²) in [5.41, 5.74) is 8.04. The van der Waals surface area contributed by atoms with Gasteiger partial charge in [0.15, 0.2) is 0 Å². The maximum atomic E-state index is 6.54. The van der Waals surface area contributed by atoms with Crippen LogP contribution in [0.2, 0.25) is 0 Å². The van der Waals surface area contributed by atoms with Crippen molar-refractivity contribution in [2.45, 2.75) is 51.6 Å². The Morgan fingerprint density at radius 1 is 1.16 bits per heavy atom. The minimum atomic E-state index is 0.0947. The molecule has 1 aliphatic rings.